The van der Waals surface area contributed by atoms with Crippen molar-refractivity contribution in [3.05, 3.63) is 170 Å². The van der Waals surface area contributed by atoms with Crippen LogP contribution in [0.1, 0.15) is 0 Å². The van der Waals surface area contributed by atoms with Gasteiger partial charge in [0.15, 0.2) is 17.5 Å². The molecule has 0 N–H and O–H groups in total. The van der Waals surface area contributed by atoms with E-state index in [-0.39, 0.29) is 0 Å². The Hall–Kier alpha value is -6.60. The first-order chi connectivity index (χ1) is 26.7. The van der Waals surface area contributed by atoms with Gasteiger partial charge in [-0.05, 0) is 69.1 Å². The highest BCUT2D eigenvalue weighted by atomic mass is 32.1. The SMILES string of the molecule is c1ccc(-c2nc(-c3ccc4ccccc4c3)nc(-c3cc(-c4cccc5sc6cc7nc(-c8ccccc8)sc7cc6c45)cc4ccccc34)n2)cc1. The van der Waals surface area contributed by atoms with E-state index in [9.17, 15) is 0 Å². The summed E-state index contributed by atoms with van der Waals surface area (Å²) in [6.07, 6.45) is 0. The second-order valence-corrected chi connectivity index (χ2v) is 15.6. The summed E-state index contributed by atoms with van der Waals surface area (Å²) in [6, 6.07) is 59.8. The number of hydrogen-bond donors (Lipinski definition) is 0. The van der Waals surface area contributed by atoms with Crippen molar-refractivity contribution in [3.63, 3.8) is 0 Å². The summed E-state index contributed by atoms with van der Waals surface area (Å²) in [5, 5.41) is 8.11. The molecular formula is C48H28N4S2. The molecule has 0 amide bonds. The van der Waals surface area contributed by atoms with E-state index in [0.717, 1.165) is 54.5 Å². The summed E-state index contributed by atoms with van der Waals surface area (Å²) in [5.74, 6) is 1.94. The number of hydrogen-bond acceptors (Lipinski definition) is 6. The highest BCUT2D eigenvalue weighted by molar-refractivity contribution is 7.26. The average Bonchev–Trinajstić information content (AvgIpc) is 3.83. The van der Waals surface area contributed by atoms with Crippen LogP contribution in [-0.4, -0.2) is 19.9 Å². The van der Waals surface area contributed by atoms with E-state index in [1.54, 1.807) is 11.3 Å². The minimum atomic E-state index is 0.646. The van der Waals surface area contributed by atoms with Crippen LogP contribution in [0.5, 0.6) is 0 Å². The standard InChI is InChI=1S/C48H28N4S2/c1-3-13-30(14-4-1)45-50-46(34-23-22-29-12-7-8-17-32(29)24-34)52-47(51-45)38-26-35(25-33-18-9-10-19-36(33)38)37-20-11-21-41-44(37)39-27-43-40(28-42(39)53-41)49-48(54-43)31-15-5-2-6-16-31/h1-28H. The van der Waals surface area contributed by atoms with E-state index in [2.05, 4.69) is 146 Å². The lowest BCUT2D eigenvalue weighted by Crippen LogP contribution is -2.01. The largest absolute Gasteiger partial charge is 0.236 e. The Morgan fingerprint density at radius 2 is 1.02 bits per heavy atom. The molecule has 0 aliphatic rings. The van der Waals surface area contributed by atoms with Crippen LogP contribution in [0.15, 0.2) is 170 Å². The van der Waals surface area contributed by atoms with Crippen molar-refractivity contribution in [2.24, 2.45) is 0 Å². The molecule has 252 valence electrons. The fraction of sp³-hybridized carbons (Fsp3) is 0. The van der Waals surface area contributed by atoms with Gasteiger partial charge in [-0.2, -0.15) is 0 Å². The molecule has 4 nitrogen and oxygen atoms in total. The van der Waals surface area contributed by atoms with E-state index < -0.39 is 0 Å². The molecule has 11 rings (SSSR count). The minimum absolute atomic E-state index is 0.646. The molecule has 0 spiro atoms. The van der Waals surface area contributed by atoms with Gasteiger partial charge in [0.2, 0.25) is 0 Å². The second kappa shape index (κ2) is 12.5. The zero-order valence-electron chi connectivity index (χ0n) is 28.8. The predicted octanol–water partition coefficient (Wildman–Crippen LogP) is 13.5. The van der Waals surface area contributed by atoms with Gasteiger partial charge in [0, 0.05) is 42.4 Å². The first kappa shape index (κ1) is 31.0. The smallest absolute Gasteiger partial charge is 0.164 e. The van der Waals surface area contributed by atoms with Gasteiger partial charge < -0.3 is 0 Å². The molecule has 0 fully saturated rings. The van der Waals surface area contributed by atoms with Gasteiger partial charge in [-0.1, -0.05) is 133 Å². The zero-order valence-corrected chi connectivity index (χ0v) is 30.4. The third kappa shape index (κ3) is 5.26. The van der Waals surface area contributed by atoms with Crippen LogP contribution >= 0.6 is 22.7 Å². The lowest BCUT2D eigenvalue weighted by atomic mass is 9.94. The van der Waals surface area contributed by atoms with Gasteiger partial charge >= 0.3 is 0 Å². The number of fused-ring (bicyclic) bond motifs is 6. The molecule has 0 bridgehead atoms. The molecule has 3 aromatic heterocycles. The van der Waals surface area contributed by atoms with E-state index in [1.165, 1.54) is 35.8 Å². The monoisotopic (exact) mass is 724 g/mol. The topological polar surface area (TPSA) is 51.6 Å². The molecular weight excluding hydrogens is 697 g/mol. The molecule has 6 heteroatoms. The van der Waals surface area contributed by atoms with Crippen LogP contribution in [0.3, 0.4) is 0 Å². The highest BCUT2D eigenvalue weighted by Crippen LogP contribution is 2.44. The quantitative estimate of drug-likeness (QED) is 0.177. The normalized spacial score (nSPS) is 11.7. The Balaban J connectivity index is 1.13. The molecule has 3 heterocycles. The zero-order chi connectivity index (χ0) is 35.6. The summed E-state index contributed by atoms with van der Waals surface area (Å²) in [7, 11) is 0. The van der Waals surface area contributed by atoms with Crippen molar-refractivity contribution >= 4 is 74.6 Å². The highest BCUT2D eigenvalue weighted by Gasteiger charge is 2.19. The van der Waals surface area contributed by atoms with E-state index in [4.69, 9.17) is 19.9 Å². The number of thiazole rings is 1. The van der Waals surface area contributed by atoms with Gasteiger partial charge in [0.05, 0.1) is 10.2 Å². The number of benzene rings is 8. The maximum absolute atomic E-state index is 5.23. The number of thiophene rings is 1. The molecule has 0 saturated heterocycles. The number of rotatable bonds is 5. The molecule has 0 aliphatic carbocycles. The number of aromatic nitrogens is 4. The maximum Gasteiger partial charge on any atom is 0.164 e. The Kier molecular flexibility index (Phi) is 7.18. The summed E-state index contributed by atoms with van der Waals surface area (Å²) < 4.78 is 3.68. The van der Waals surface area contributed by atoms with Gasteiger partial charge in [-0.15, -0.1) is 22.7 Å². The summed E-state index contributed by atoms with van der Waals surface area (Å²) >= 11 is 3.58. The molecule has 0 saturated carbocycles. The maximum atomic E-state index is 5.23. The minimum Gasteiger partial charge on any atom is -0.236 e. The third-order valence-corrected chi connectivity index (χ3v) is 12.3. The second-order valence-electron chi connectivity index (χ2n) is 13.5. The Morgan fingerprint density at radius 3 is 1.85 bits per heavy atom. The van der Waals surface area contributed by atoms with Crippen LogP contribution in [0.2, 0.25) is 0 Å². The van der Waals surface area contributed by atoms with Crippen LogP contribution in [-0.2, 0) is 0 Å². The molecule has 0 radical (unpaired) electrons. The third-order valence-electron chi connectivity index (χ3n) is 10.1. The average molecular weight is 725 g/mol. The Morgan fingerprint density at radius 1 is 0.333 bits per heavy atom. The van der Waals surface area contributed by atoms with Crippen molar-refractivity contribution < 1.29 is 0 Å². The predicted molar refractivity (Wildman–Crippen MR) is 228 cm³/mol. The van der Waals surface area contributed by atoms with Crippen molar-refractivity contribution in [3.8, 4) is 55.9 Å². The van der Waals surface area contributed by atoms with Gasteiger partial charge in [-0.3, -0.25) is 0 Å². The van der Waals surface area contributed by atoms with Crippen molar-refractivity contribution in [1.29, 1.82) is 0 Å². The van der Waals surface area contributed by atoms with Crippen molar-refractivity contribution in [2.45, 2.75) is 0 Å². The van der Waals surface area contributed by atoms with E-state index in [1.807, 2.05) is 35.6 Å². The molecule has 0 unspecified atom stereocenters. The van der Waals surface area contributed by atoms with Crippen LogP contribution < -0.4 is 0 Å². The molecule has 8 aromatic carbocycles. The molecule has 11 aromatic rings. The molecule has 0 atom stereocenters. The fourth-order valence-electron chi connectivity index (χ4n) is 7.51. The fourth-order valence-corrected chi connectivity index (χ4v) is 9.65. The van der Waals surface area contributed by atoms with Crippen molar-refractivity contribution in [2.75, 3.05) is 0 Å². The van der Waals surface area contributed by atoms with Crippen molar-refractivity contribution in [1.82, 2.24) is 19.9 Å². The van der Waals surface area contributed by atoms with E-state index >= 15 is 0 Å². The van der Waals surface area contributed by atoms with Crippen LogP contribution in [0.25, 0.3) is 108 Å². The summed E-state index contributed by atoms with van der Waals surface area (Å²) in [4.78, 5) is 20.5. The molecule has 54 heavy (non-hydrogen) atoms. The number of nitrogens with zero attached hydrogens (tertiary/aromatic N) is 4. The van der Waals surface area contributed by atoms with Gasteiger partial charge in [0.1, 0.15) is 5.01 Å². The van der Waals surface area contributed by atoms with Crippen LogP contribution in [0, 0.1) is 0 Å². The lowest BCUT2D eigenvalue weighted by Gasteiger charge is -2.13. The summed E-state index contributed by atoms with van der Waals surface area (Å²) in [5.41, 5.74) is 7.37. The first-order valence-electron chi connectivity index (χ1n) is 17.9. The lowest BCUT2D eigenvalue weighted by molar-refractivity contribution is 1.08. The van der Waals surface area contributed by atoms with Gasteiger partial charge in [0.25, 0.3) is 0 Å². The molecule has 0 aliphatic heterocycles. The summed E-state index contributed by atoms with van der Waals surface area (Å²) in [6.45, 7) is 0. The first-order valence-corrected chi connectivity index (χ1v) is 19.5. The Labute approximate surface area is 318 Å². The Bertz CT molecular complexity index is 3220. The van der Waals surface area contributed by atoms with E-state index in [0.29, 0.717) is 17.5 Å². The van der Waals surface area contributed by atoms with Crippen LogP contribution in [0.4, 0.5) is 0 Å². The van der Waals surface area contributed by atoms with Gasteiger partial charge in [-0.25, -0.2) is 19.9 Å².